The molecule has 3 aromatic carbocycles. The second-order valence-corrected chi connectivity index (χ2v) is 9.96. The number of nitrogens with one attached hydrogen (secondary N) is 3. The van der Waals surface area contributed by atoms with Crippen LogP contribution in [0, 0.1) is 25.1 Å². The highest BCUT2D eigenvalue weighted by Gasteiger charge is 2.25. The molecule has 5 N–H and O–H groups in total. The molecule has 3 aromatic heterocycles. The fourth-order valence-electron chi connectivity index (χ4n) is 5.07. The van der Waals surface area contributed by atoms with Crippen molar-refractivity contribution in [3.05, 3.63) is 111 Å². The van der Waals surface area contributed by atoms with Gasteiger partial charge in [0.1, 0.15) is 40.5 Å². The Morgan fingerprint density at radius 2 is 1.90 bits per heavy atom. The summed E-state index contributed by atoms with van der Waals surface area (Å²) in [7, 11) is 0. The highest BCUT2D eigenvalue weighted by atomic mass is 19.1. The topological polar surface area (TPSA) is 147 Å². The standard InChI is InChI=1S/C31H26FN7O2/c1-15-6-4-7-18(12-15)24-28(40)25-21(32)8-5-9-23(25)41-29(24)17(3)37-31-26(30(34)35-14-36-31)27(33)19-10-11-20-16(2)38-39-22(20)13-19/h4-14,17,33H,1-3H3,(H,38,39)(H3,34,35,36,37). The van der Waals surface area contributed by atoms with Gasteiger partial charge >= 0.3 is 0 Å². The summed E-state index contributed by atoms with van der Waals surface area (Å²) in [5.41, 5.74) is 10.3. The van der Waals surface area contributed by atoms with E-state index in [0.717, 1.165) is 22.2 Å². The van der Waals surface area contributed by atoms with Crippen molar-refractivity contribution in [2.45, 2.75) is 26.8 Å². The van der Waals surface area contributed by atoms with Crippen LogP contribution in [0.25, 0.3) is 33.0 Å². The maximum Gasteiger partial charge on any atom is 0.203 e. The first-order valence-corrected chi connectivity index (χ1v) is 13.0. The van der Waals surface area contributed by atoms with Gasteiger partial charge in [-0.05, 0) is 44.5 Å². The van der Waals surface area contributed by atoms with Gasteiger partial charge in [0.25, 0.3) is 0 Å². The lowest BCUT2D eigenvalue weighted by Gasteiger charge is -2.20. The van der Waals surface area contributed by atoms with Crippen molar-refractivity contribution in [1.29, 1.82) is 5.41 Å². The second kappa shape index (κ2) is 9.98. The number of rotatable bonds is 6. The highest BCUT2D eigenvalue weighted by Crippen LogP contribution is 2.33. The molecule has 6 aromatic rings. The molecule has 0 fully saturated rings. The van der Waals surface area contributed by atoms with E-state index in [-0.39, 0.29) is 39.4 Å². The number of anilines is 2. The third-order valence-electron chi connectivity index (χ3n) is 7.11. The van der Waals surface area contributed by atoms with E-state index in [0.29, 0.717) is 16.9 Å². The summed E-state index contributed by atoms with van der Waals surface area (Å²) in [6.45, 7) is 5.64. The highest BCUT2D eigenvalue weighted by molar-refractivity contribution is 6.17. The van der Waals surface area contributed by atoms with E-state index >= 15 is 0 Å². The number of halogens is 1. The molecule has 0 bridgehead atoms. The van der Waals surface area contributed by atoms with Crippen molar-refractivity contribution in [1.82, 2.24) is 20.2 Å². The van der Waals surface area contributed by atoms with Crippen molar-refractivity contribution < 1.29 is 8.81 Å². The van der Waals surface area contributed by atoms with Crippen LogP contribution in [0.1, 0.15) is 41.1 Å². The van der Waals surface area contributed by atoms with Gasteiger partial charge in [0.15, 0.2) is 0 Å². The summed E-state index contributed by atoms with van der Waals surface area (Å²) in [5.74, 6) is 0.0342. The Balaban J connectivity index is 1.46. The van der Waals surface area contributed by atoms with E-state index in [4.69, 9.17) is 15.6 Å². The van der Waals surface area contributed by atoms with Crippen LogP contribution in [0.4, 0.5) is 16.0 Å². The first-order valence-electron chi connectivity index (χ1n) is 13.0. The van der Waals surface area contributed by atoms with Crippen LogP contribution in [0.2, 0.25) is 0 Å². The first-order chi connectivity index (χ1) is 19.7. The Morgan fingerprint density at radius 1 is 1.10 bits per heavy atom. The molecule has 0 saturated heterocycles. The van der Waals surface area contributed by atoms with Crippen molar-refractivity contribution in [2.24, 2.45) is 0 Å². The molecule has 0 spiro atoms. The van der Waals surface area contributed by atoms with Gasteiger partial charge in [0.2, 0.25) is 5.43 Å². The number of nitrogen functional groups attached to an aromatic ring is 1. The van der Waals surface area contributed by atoms with E-state index < -0.39 is 17.3 Å². The third kappa shape index (κ3) is 4.49. The summed E-state index contributed by atoms with van der Waals surface area (Å²) in [5, 5.41) is 20.4. The summed E-state index contributed by atoms with van der Waals surface area (Å²) < 4.78 is 21.0. The van der Waals surface area contributed by atoms with Gasteiger partial charge in [-0.3, -0.25) is 15.3 Å². The summed E-state index contributed by atoms with van der Waals surface area (Å²) in [6.07, 6.45) is 1.30. The predicted octanol–water partition coefficient (Wildman–Crippen LogP) is 6.05. The minimum Gasteiger partial charge on any atom is -0.458 e. The maximum atomic E-state index is 14.8. The lowest BCUT2D eigenvalue weighted by molar-refractivity contribution is 0.513. The Hall–Kier alpha value is -5.38. The molecule has 0 aliphatic heterocycles. The number of aromatic nitrogens is 4. The number of fused-ring (bicyclic) bond motifs is 2. The van der Waals surface area contributed by atoms with Crippen LogP contribution in [-0.4, -0.2) is 25.9 Å². The molecule has 0 saturated carbocycles. The first kappa shape index (κ1) is 25.9. The minimum atomic E-state index is -0.652. The second-order valence-electron chi connectivity index (χ2n) is 9.96. The minimum absolute atomic E-state index is 0.0984. The molecule has 1 unspecified atom stereocenters. The van der Waals surface area contributed by atoms with Crippen LogP contribution in [-0.2, 0) is 0 Å². The average molecular weight is 548 g/mol. The molecule has 1 atom stereocenters. The van der Waals surface area contributed by atoms with Gasteiger partial charge in [0.05, 0.1) is 28.4 Å². The Kier molecular flexibility index (Phi) is 6.30. The predicted molar refractivity (Wildman–Crippen MR) is 158 cm³/mol. The molecule has 0 radical (unpaired) electrons. The van der Waals surface area contributed by atoms with Crippen LogP contribution < -0.4 is 16.5 Å². The number of nitrogens with two attached hydrogens (primary N) is 1. The largest absolute Gasteiger partial charge is 0.458 e. The average Bonchev–Trinajstić information content (AvgIpc) is 3.32. The summed E-state index contributed by atoms with van der Waals surface area (Å²) in [4.78, 5) is 22.3. The molecular formula is C31H26FN7O2. The number of aryl methyl sites for hydroxylation is 2. The normalized spacial score (nSPS) is 12.1. The van der Waals surface area contributed by atoms with Gasteiger partial charge in [-0.1, -0.05) is 48.0 Å². The molecule has 41 heavy (non-hydrogen) atoms. The number of H-pyrrole nitrogens is 1. The number of aromatic amines is 1. The van der Waals surface area contributed by atoms with Crippen LogP contribution in [0.3, 0.4) is 0 Å². The van der Waals surface area contributed by atoms with Crippen LogP contribution in [0.5, 0.6) is 0 Å². The third-order valence-corrected chi connectivity index (χ3v) is 7.11. The SMILES string of the molecule is Cc1cccc(-c2c(C(C)Nc3ncnc(N)c3C(=N)c3ccc4c(C)[nH]nc4c3)oc3cccc(F)c3c2=O)c1. The Morgan fingerprint density at radius 3 is 2.71 bits per heavy atom. The maximum absolute atomic E-state index is 14.8. The monoisotopic (exact) mass is 547 g/mol. The van der Waals surface area contributed by atoms with E-state index in [1.54, 1.807) is 25.1 Å². The molecule has 204 valence electrons. The number of benzene rings is 3. The van der Waals surface area contributed by atoms with Crippen molar-refractivity contribution in [2.75, 3.05) is 11.1 Å². The van der Waals surface area contributed by atoms with Gasteiger partial charge in [0, 0.05) is 16.6 Å². The van der Waals surface area contributed by atoms with Crippen molar-refractivity contribution >= 4 is 39.2 Å². The quantitative estimate of drug-likeness (QED) is 0.186. The van der Waals surface area contributed by atoms with Gasteiger partial charge < -0.3 is 15.5 Å². The molecule has 6 rings (SSSR count). The van der Waals surface area contributed by atoms with E-state index in [1.807, 2.05) is 44.2 Å². The Labute approximate surface area is 233 Å². The van der Waals surface area contributed by atoms with E-state index in [1.165, 1.54) is 18.5 Å². The van der Waals surface area contributed by atoms with E-state index in [2.05, 4.69) is 25.5 Å². The molecule has 0 aliphatic rings. The Bertz CT molecular complexity index is 2050. The van der Waals surface area contributed by atoms with Gasteiger partial charge in [-0.2, -0.15) is 5.10 Å². The number of hydrogen-bond donors (Lipinski definition) is 4. The van der Waals surface area contributed by atoms with Crippen LogP contribution >= 0.6 is 0 Å². The fraction of sp³-hybridized carbons (Fsp3) is 0.129. The molecule has 10 heteroatoms. The van der Waals surface area contributed by atoms with Crippen LogP contribution in [0.15, 0.2) is 76.2 Å². The molecular weight excluding hydrogens is 521 g/mol. The number of hydrogen-bond acceptors (Lipinski definition) is 8. The molecule has 0 aliphatic carbocycles. The van der Waals surface area contributed by atoms with Gasteiger partial charge in [-0.15, -0.1) is 0 Å². The fourth-order valence-corrected chi connectivity index (χ4v) is 5.07. The van der Waals surface area contributed by atoms with Crippen molar-refractivity contribution in [3.63, 3.8) is 0 Å². The van der Waals surface area contributed by atoms with Crippen molar-refractivity contribution in [3.8, 4) is 11.1 Å². The molecule has 3 heterocycles. The zero-order valence-electron chi connectivity index (χ0n) is 22.5. The zero-order valence-corrected chi connectivity index (χ0v) is 22.5. The lowest BCUT2D eigenvalue weighted by Crippen LogP contribution is -2.19. The number of nitrogens with zero attached hydrogens (tertiary/aromatic N) is 3. The smallest absolute Gasteiger partial charge is 0.203 e. The summed E-state index contributed by atoms with van der Waals surface area (Å²) >= 11 is 0. The zero-order chi connectivity index (χ0) is 28.8. The molecule has 0 amide bonds. The van der Waals surface area contributed by atoms with Gasteiger partial charge in [-0.25, -0.2) is 14.4 Å². The van der Waals surface area contributed by atoms with E-state index in [9.17, 15) is 9.18 Å². The lowest BCUT2D eigenvalue weighted by atomic mass is 9.97. The summed E-state index contributed by atoms with van der Waals surface area (Å²) in [6, 6.07) is 16.6. The molecule has 9 nitrogen and oxygen atoms in total.